The molecule has 1 aliphatic rings. The van der Waals surface area contributed by atoms with Gasteiger partial charge < -0.3 is 20.1 Å². The zero-order valence-corrected chi connectivity index (χ0v) is 8.53. The third-order valence-electron chi connectivity index (χ3n) is 2.30. The van der Waals surface area contributed by atoms with Gasteiger partial charge in [0.25, 0.3) is 0 Å². The Balaban J connectivity index is 2.04. The van der Waals surface area contributed by atoms with Crippen LogP contribution in [-0.4, -0.2) is 61.9 Å². The molecule has 5 heteroatoms. The molecule has 1 rings (SSSR count). The van der Waals surface area contributed by atoms with Crippen LogP contribution in [0.15, 0.2) is 0 Å². The van der Waals surface area contributed by atoms with Gasteiger partial charge in [-0.25, -0.2) is 0 Å². The Labute approximate surface area is 84.0 Å². The second-order valence-electron chi connectivity index (χ2n) is 3.39. The topological polar surface area (TPSA) is 61.8 Å². The van der Waals surface area contributed by atoms with E-state index >= 15 is 0 Å². The van der Waals surface area contributed by atoms with Gasteiger partial charge >= 0.3 is 0 Å². The first-order valence-electron chi connectivity index (χ1n) is 4.92. The Kier molecular flexibility index (Phi) is 4.86. The number of nitrogens with zero attached hydrogens (tertiary/aromatic N) is 1. The Bertz CT molecular complexity index is 187. The molecule has 1 heterocycles. The molecule has 82 valence electrons. The largest absolute Gasteiger partial charge is 0.394 e. The lowest BCUT2D eigenvalue weighted by atomic mass is 10.2. The SMILES string of the molecule is CN1CCC(NCCOCCO)C1=O. The highest BCUT2D eigenvalue weighted by molar-refractivity contribution is 5.83. The number of hydrogen-bond acceptors (Lipinski definition) is 4. The van der Waals surface area contributed by atoms with E-state index in [0.717, 1.165) is 13.0 Å². The molecule has 14 heavy (non-hydrogen) atoms. The van der Waals surface area contributed by atoms with Crippen LogP contribution in [0.3, 0.4) is 0 Å². The van der Waals surface area contributed by atoms with Gasteiger partial charge in [0.15, 0.2) is 0 Å². The summed E-state index contributed by atoms with van der Waals surface area (Å²) in [6.07, 6.45) is 0.870. The average Bonchev–Trinajstić information content (AvgIpc) is 2.49. The quantitative estimate of drug-likeness (QED) is 0.532. The number of nitrogens with one attached hydrogen (secondary N) is 1. The number of aliphatic hydroxyl groups is 1. The predicted octanol–water partition coefficient (Wildman–Crippen LogP) is -1.18. The molecule has 1 unspecified atom stereocenters. The number of carbonyl (C=O) groups is 1. The van der Waals surface area contributed by atoms with E-state index < -0.39 is 0 Å². The Morgan fingerprint density at radius 1 is 1.64 bits per heavy atom. The number of aliphatic hydroxyl groups excluding tert-OH is 1. The summed E-state index contributed by atoms with van der Waals surface area (Å²) in [4.78, 5) is 13.1. The van der Waals surface area contributed by atoms with Crippen LogP contribution in [0.5, 0.6) is 0 Å². The van der Waals surface area contributed by atoms with Gasteiger partial charge in [0, 0.05) is 20.1 Å². The molecular weight excluding hydrogens is 184 g/mol. The summed E-state index contributed by atoms with van der Waals surface area (Å²) in [5, 5.41) is 11.6. The second-order valence-corrected chi connectivity index (χ2v) is 3.39. The summed E-state index contributed by atoms with van der Waals surface area (Å²) in [7, 11) is 1.81. The van der Waals surface area contributed by atoms with E-state index in [2.05, 4.69) is 5.32 Å². The van der Waals surface area contributed by atoms with E-state index in [1.54, 1.807) is 4.90 Å². The molecule has 0 aromatic rings. The fraction of sp³-hybridized carbons (Fsp3) is 0.889. The molecule has 5 nitrogen and oxygen atoms in total. The second kappa shape index (κ2) is 5.95. The molecule has 0 aliphatic carbocycles. The Morgan fingerprint density at radius 3 is 3.00 bits per heavy atom. The first kappa shape index (κ1) is 11.4. The van der Waals surface area contributed by atoms with E-state index in [1.807, 2.05) is 7.05 Å². The van der Waals surface area contributed by atoms with Crippen LogP contribution in [0.1, 0.15) is 6.42 Å². The maximum atomic E-state index is 11.4. The normalized spacial score (nSPS) is 22.0. The van der Waals surface area contributed by atoms with Crippen LogP contribution in [-0.2, 0) is 9.53 Å². The number of likely N-dealkylation sites (N-methyl/N-ethyl adjacent to an activating group) is 1. The first-order chi connectivity index (χ1) is 6.75. The summed E-state index contributed by atoms with van der Waals surface area (Å²) >= 11 is 0. The van der Waals surface area contributed by atoms with E-state index in [4.69, 9.17) is 9.84 Å². The van der Waals surface area contributed by atoms with Crippen molar-refractivity contribution >= 4 is 5.91 Å². The fourth-order valence-electron chi connectivity index (χ4n) is 1.48. The zero-order valence-electron chi connectivity index (χ0n) is 8.53. The van der Waals surface area contributed by atoms with Gasteiger partial charge in [-0.2, -0.15) is 0 Å². The lowest BCUT2D eigenvalue weighted by Crippen LogP contribution is -2.38. The minimum absolute atomic E-state index is 0.0438. The van der Waals surface area contributed by atoms with Crippen molar-refractivity contribution < 1.29 is 14.6 Å². The van der Waals surface area contributed by atoms with Gasteiger partial charge in [-0.15, -0.1) is 0 Å². The lowest BCUT2D eigenvalue weighted by molar-refractivity contribution is -0.128. The van der Waals surface area contributed by atoms with Crippen LogP contribution in [0, 0.1) is 0 Å². The number of ether oxygens (including phenoxy) is 1. The highest BCUT2D eigenvalue weighted by Gasteiger charge is 2.27. The monoisotopic (exact) mass is 202 g/mol. The average molecular weight is 202 g/mol. The van der Waals surface area contributed by atoms with Gasteiger partial charge in [0.1, 0.15) is 0 Å². The smallest absolute Gasteiger partial charge is 0.239 e. The van der Waals surface area contributed by atoms with Crippen molar-refractivity contribution in [2.45, 2.75) is 12.5 Å². The molecule has 0 radical (unpaired) electrons. The molecule has 0 bridgehead atoms. The maximum absolute atomic E-state index is 11.4. The Morgan fingerprint density at radius 2 is 2.43 bits per heavy atom. The molecule has 1 aliphatic heterocycles. The van der Waals surface area contributed by atoms with E-state index in [1.165, 1.54) is 0 Å². The summed E-state index contributed by atoms with van der Waals surface area (Å²) < 4.78 is 5.07. The fourth-order valence-corrected chi connectivity index (χ4v) is 1.48. The lowest BCUT2D eigenvalue weighted by Gasteiger charge is -2.11. The van der Waals surface area contributed by atoms with Crippen LogP contribution in [0.4, 0.5) is 0 Å². The van der Waals surface area contributed by atoms with Crippen molar-refractivity contribution in [1.82, 2.24) is 10.2 Å². The molecule has 2 N–H and O–H groups in total. The summed E-state index contributed by atoms with van der Waals surface area (Å²) in [5.41, 5.74) is 0. The Hall–Kier alpha value is -0.650. The molecule has 0 aromatic carbocycles. The van der Waals surface area contributed by atoms with Crippen LogP contribution in [0.2, 0.25) is 0 Å². The third kappa shape index (κ3) is 3.25. The van der Waals surface area contributed by atoms with Crippen molar-refractivity contribution in [2.24, 2.45) is 0 Å². The number of amides is 1. The van der Waals surface area contributed by atoms with Gasteiger partial charge in [0.2, 0.25) is 5.91 Å². The van der Waals surface area contributed by atoms with Crippen molar-refractivity contribution in [3.05, 3.63) is 0 Å². The molecule has 0 saturated carbocycles. The molecule has 0 spiro atoms. The minimum atomic E-state index is -0.0438. The van der Waals surface area contributed by atoms with Crippen molar-refractivity contribution in [2.75, 3.05) is 40.0 Å². The molecule has 1 atom stereocenters. The predicted molar refractivity (Wildman–Crippen MR) is 51.9 cm³/mol. The standard InChI is InChI=1S/C9H18N2O3/c1-11-4-2-8(9(11)13)10-3-6-14-7-5-12/h8,10,12H,2-7H2,1H3. The first-order valence-corrected chi connectivity index (χ1v) is 4.92. The number of carbonyl (C=O) groups excluding carboxylic acids is 1. The summed E-state index contributed by atoms with van der Waals surface area (Å²) in [6.45, 7) is 2.43. The molecular formula is C9H18N2O3. The summed E-state index contributed by atoms with van der Waals surface area (Å²) in [6, 6.07) is -0.0438. The number of likely N-dealkylation sites (tertiary alicyclic amines) is 1. The van der Waals surface area contributed by atoms with Gasteiger partial charge in [0.05, 0.1) is 25.9 Å². The highest BCUT2D eigenvalue weighted by atomic mass is 16.5. The van der Waals surface area contributed by atoms with E-state index in [0.29, 0.717) is 19.8 Å². The molecule has 1 saturated heterocycles. The maximum Gasteiger partial charge on any atom is 0.239 e. The molecule has 1 fully saturated rings. The zero-order chi connectivity index (χ0) is 10.4. The van der Waals surface area contributed by atoms with Crippen LogP contribution >= 0.6 is 0 Å². The van der Waals surface area contributed by atoms with Crippen LogP contribution < -0.4 is 5.32 Å². The van der Waals surface area contributed by atoms with Crippen molar-refractivity contribution in [1.29, 1.82) is 0 Å². The van der Waals surface area contributed by atoms with Crippen molar-refractivity contribution in [3.63, 3.8) is 0 Å². The van der Waals surface area contributed by atoms with Crippen molar-refractivity contribution in [3.8, 4) is 0 Å². The minimum Gasteiger partial charge on any atom is -0.394 e. The van der Waals surface area contributed by atoms with Gasteiger partial charge in [-0.05, 0) is 6.42 Å². The van der Waals surface area contributed by atoms with Gasteiger partial charge in [-0.3, -0.25) is 4.79 Å². The van der Waals surface area contributed by atoms with Crippen LogP contribution in [0.25, 0.3) is 0 Å². The summed E-state index contributed by atoms with van der Waals surface area (Å²) in [5.74, 6) is 0.159. The number of hydrogen-bond donors (Lipinski definition) is 2. The molecule has 0 aromatic heterocycles. The van der Waals surface area contributed by atoms with E-state index in [9.17, 15) is 4.79 Å². The highest BCUT2D eigenvalue weighted by Crippen LogP contribution is 2.07. The third-order valence-corrected chi connectivity index (χ3v) is 2.30. The molecule has 1 amide bonds. The van der Waals surface area contributed by atoms with Gasteiger partial charge in [-0.1, -0.05) is 0 Å². The number of rotatable bonds is 6. The van der Waals surface area contributed by atoms with E-state index in [-0.39, 0.29) is 18.6 Å².